The number of hydrogen-bond donors (Lipinski definition) is 1. The van der Waals surface area contributed by atoms with Gasteiger partial charge in [0, 0.05) is 11.1 Å². The molecule has 0 spiro atoms. The van der Waals surface area contributed by atoms with Crippen LogP contribution in [0.25, 0.3) is 10.9 Å². The molecule has 1 aromatic heterocycles. The van der Waals surface area contributed by atoms with E-state index >= 15 is 0 Å². The Hall–Kier alpha value is -1.41. The molecule has 1 atom stereocenters. The van der Waals surface area contributed by atoms with Gasteiger partial charge in [0.05, 0.1) is 11.6 Å². The van der Waals surface area contributed by atoms with Gasteiger partial charge in [0.2, 0.25) is 0 Å². The minimum atomic E-state index is -0.427. The second kappa shape index (κ2) is 3.87. The van der Waals surface area contributed by atoms with Crippen LogP contribution in [0.1, 0.15) is 35.4 Å². The molecule has 0 fully saturated rings. The molecule has 0 saturated carbocycles. The fourth-order valence-electron chi connectivity index (χ4n) is 2.10. The molecule has 2 aromatic rings. The van der Waals surface area contributed by atoms with Crippen LogP contribution in [0.3, 0.4) is 0 Å². The average Bonchev–Trinajstić information content (AvgIpc) is 2.19. The fourth-order valence-corrected chi connectivity index (χ4v) is 2.10. The monoisotopic (exact) mass is 215 g/mol. The van der Waals surface area contributed by atoms with Crippen LogP contribution in [0.15, 0.2) is 18.2 Å². The van der Waals surface area contributed by atoms with Gasteiger partial charge < -0.3 is 5.11 Å². The van der Waals surface area contributed by atoms with Gasteiger partial charge in [0.1, 0.15) is 0 Å². The Bertz CT molecular complexity index is 544. The predicted octanol–water partition coefficient (Wildman–Crippen LogP) is 3.21. The molecule has 0 aliphatic rings. The highest BCUT2D eigenvalue weighted by Crippen LogP contribution is 2.25. The van der Waals surface area contributed by atoms with Crippen molar-refractivity contribution in [2.24, 2.45) is 0 Å². The van der Waals surface area contributed by atoms with Crippen LogP contribution in [0, 0.1) is 20.8 Å². The molecule has 84 valence electrons. The number of pyridine rings is 1. The van der Waals surface area contributed by atoms with E-state index in [2.05, 4.69) is 18.0 Å². The zero-order valence-corrected chi connectivity index (χ0v) is 10.2. The van der Waals surface area contributed by atoms with E-state index in [1.807, 2.05) is 26.0 Å². The Morgan fingerprint density at radius 1 is 1.06 bits per heavy atom. The lowest BCUT2D eigenvalue weighted by Crippen LogP contribution is -1.96. The molecule has 1 N–H and O–H groups in total. The molecule has 0 bridgehead atoms. The third kappa shape index (κ3) is 1.81. The molecule has 0 aliphatic heterocycles. The van der Waals surface area contributed by atoms with Crippen LogP contribution < -0.4 is 0 Å². The minimum absolute atomic E-state index is 0.427. The van der Waals surface area contributed by atoms with E-state index in [1.165, 1.54) is 5.56 Å². The largest absolute Gasteiger partial charge is 0.389 e. The highest BCUT2D eigenvalue weighted by Gasteiger charge is 2.08. The average molecular weight is 215 g/mol. The van der Waals surface area contributed by atoms with Crippen LogP contribution >= 0.6 is 0 Å². The van der Waals surface area contributed by atoms with Gasteiger partial charge in [-0.2, -0.15) is 0 Å². The smallest absolute Gasteiger partial charge is 0.0762 e. The number of rotatable bonds is 1. The third-order valence-electron chi connectivity index (χ3n) is 2.94. The van der Waals surface area contributed by atoms with E-state index < -0.39 is 6.10 Å². The van der Waals surface area contributed by atoms with Gasteiger partial charge in [-0.15, -0.1) is 0 Å². The Kier molecular flexibility index (Phi) is 2.68. The van der Waals surface area contributed by atoms with Crippen molar-refractivity contribution < 1.29 is 5.11 Å². The van der Waals surface area contributed by atoms with Crippen LogP contribution in [0.4, 0.5) is 0 Å². The summed E-state index contributed by atoms with van der Waals surface area (Å²) in [5.41, 5.74) is 5.38. The highest BCUT2D eigenvalue weighted by atomic mass is 16.3. The maximum Gasteiger partial charge on any atom is 0.0762 e. The Morgan fingerprint density at radius 2 is 1.75 bits per heavy atom. The van der Waals surface area contributed by atoms with Gasteiger partial charge in [-0.25, -0.2) is 0 Å². The molecule has 0 radical (unpaired) electrons. The van der Waals surface area contributed by atoms with E-state index in [-0.39, 0.29) is 0 Å². The van der Waals surface area contributed by atoms with Gasteiger partial charge in [-0.3, -0.25) is 4.98 Å². The number of aliphatic hydroxyl groups excluding tert-OH is 1. The quantitative estimate of drug-likeness (QED) is 0.792. The summed E-state index contributed by atoms with van der Waals surface area (Å²) in [5, 5.41) is 10.8. The predicted molar refractivity (Wildman–Crippen MR) is 66.6 cm³/mol. The maximum atomic E-state index is 9.63. The lowest BCUT2D eigenvalue weighted by molar-refractivity contribution is 0.199. The molecule has 0 aliphatic carbocycles. The van der Waals surface area contributed by atoms with E-state index in [0.29, 0.717) is 0 Å². The molecule has 2 nitrogen and oxygen atoms in total. The molecular weight excluding hydrogens is 198 g/mol. The molecule has 1 unspecified atom stereocenters. The van der Waals surface area contributed by atoms with Crippen molar-refractivity contribution in [3.05, 3.63) is 40.6 Å². The molecule has 1 aromatic carbocycles. The van der Waals surface area contributed by atoms with Gasteiger partial charge in [-0.05, 0) is 56.5 Å². The Labute approximate surface area is 96.0 Å². The molecular formula is C14H17NO. The standard InChI is InChI=1S/C14H17NO/c1-8-5-10(3)15-14-9(2)6-12(11(4)16)7-13(8)14/h5-7,11,16H,1-4H3. The van der Waals surface area contributed by atoms with Crippen molar-refractivity contribution in [3.63, 3.8) is 0 Å². The SMILES string of the molecule is Cc1cc(C)c2cc(C(C)O)cc(C)c2n1. The molecule has 2 heteroatoms. The number of hydrogen-bond acceptors (Lipinski definition) is 2. The first kappa shape index (κ1) is 11.1. The van der Waals surface area contributed by atoms with E-state index in [9.17, 15) is 5.11 Å². The lowest BCUT2D eigenvalue weighted by atomic mass is 10.00. The number of benzene rings is 1. The zero-order chi connectivity index (χ0) is 11.9. The lowest BCUT2D eigenvalue weighted by Gasteiger charge is -2.11. The summed E-state index contributed by atoms with van der Waals surface area (Å²) in [6, 6.07) is 6.13. The topological polar surface area (TPSA) is 33.1 Å². The molecule has 0 saturated heterocycles. The highest BCUT2D eigenvalue weighted by molar-refractivity contribution is 5.85. The summed E-state index contributed by atoms with van der Waals surface area (Å²) in [7, 11) is 0. The van der Waals surface area contributed by atoms with Crippen molar-refractivity contribution >= 4 is 10.9 Å². The molecule has 2 rings (SSSR count). The Morgan fingerprint density at radius 3 is 2.38 bits per heavy atom. The van der Waals surface area contributed by atoms with Crippen molar-refractivity contribution in [1.82, 2.24) is 4.98 Å². The summed E-state index contributed by atoms with van der Waals surface area (Å²) in [4.78, 5) is 4.55. The Balaban J connectivity index is 2.82. The summed E-state index contributed by atoms with van der Waals surface area (Å²) in [6.45, 7) is 7.92. The van der Waals surface area contributed by atoms with E-state index in [1.54, 1.807) is 6.92 Å². The van der Waals surface area contributed by atoms with Gasteiger partial charge in [0.15, 0.2) is 0 Å². The molecule has 16 heavy (non-hydrogen) atoms. The summed E-state index contributed by atoms with van der Waals surface area (Å²) in [5.74, 6) is 0. The number of fused-ring (bicyclic) bond motifs is 1. The first-order chi connectivity index (χ1) is 7.49. The van der Waals surface area contributed by atoms with Crippen molar-refractivity contribution in [1.29, 1.82) is 0 Å². The van der Waals surface area contributed by atoms with Crippen molar-refractivity contribution in [3.8, 4) is 0 Å². The minimum Gasteiger partial charge on any atom is -0.389 e. The van der Waals surface area contributed by atoms with Crippen LogP contribution in [-0.4, -0.2) is 10.1 Å². The molecule has 0 amide bonds. The summed E-state index contributed by atoms with van der Waals surface area (Å²) < 4.78 is 0. The zero-order valence-electron chi connectivity index (χ0n) is 10.2. The first-order valence-electron chi connectivity index (χ1n) is 5.55. The number of aliphatic hydroxyl groups is 1. The summed E-state index contributed by atoms with van der Waals surface area (Å²) >= 11 is 0. The second-order valence-electron chi connectivity index (χ2n) is 4.49. The molecule has 1 heterocycles. The van der Waals surface area contributed by atoms with Gasteiger partial charge in [0.25, 0.3) is 0 Å². The first-order valence-corrected chi connectivity index (χ1v) is 5.55. The van der Waals surface area contributed by atoms with Crippen molar-refractivity contribution in [2.75, 3.05) is 0 Å². The van der Waals surface area contributed by atoms with Gasteiger partial charge in [-0.1, -0.05) is 6.07 Å². The third-order valence-corrected chi connectivity index (χ3v) is 2.94. The van der Waals surface area contributed by atoms with Crippen molar-refractivity contribution in [2.45, 2.75) is 33.8 Å². The number of aryl methyl sites for hydroxylation is 3. The maximum absolute atomic E-state index is 9.63. The second-order valence-corrected chi connectivity index (χ2v) is 4.49. The normalized spacial score (nSPS) is 13.1. The fraction of sp³-hybridized carbons (Fsp3) is 0.357. The van der Waals surface area contributed by atoms with E-state index in [0.717, 1.165) is 27.7 Å². The number of aromatic nitrogens is 1. The van der Waals surface area contributed by atoms with Gasteiger partial charge >= 0.3 is 0 Å². The summed E-state index contributed by atoms with van der Waals surface area (Å²) in [6.07, 6.45) is -0.427. The van der Waals surface area contributed by atoms with Crippen LogP contribution in [0.2, 0.25) is 0 Å². The number of nitrogens with zero attached hydrogens (tertiary/aromatic N) is 1. The van der Waals surface area contributed by atoms with Crippen LogP contribution in [0.5, 0.6) is 0 Å². The van der Waals surface area contributed by atoms with E-state index in [4.69, 9.17) is 0 Å². The van der Waals surface area contributed by atoms with Crippen LogP contribution in [-0.2, 0) is 0 Å².